The van der Waals surface area contributed by atoms with Gasteiger partial charge in [-0.15, -0.1) is 0 Å². The van der Waals surface area contributed by atoms with Gasteiger partial charge in [0, 0.05) is 6.04 Å². The van der Waals surface area contributed by atoms with Crippen LogP contribution in [0.5, 0.6) is 5.75 Å². The van der Waals surface area contributed by atoms with Crippen molar-refractivity contribution in [3.63, 3.8) is 0 Å². The van der Waals surface area contributed by atoms with Gasteiger partial charge in [0.05, 0.1) is 6.21 Å². The van der Waals surface area contributed by atoms with E-state index in [0.717, 1.165) is 36.8 Å². The fourth-order valence-electron chi connectivity index (χ4n) is 3.14. The van der Waals surface area contributed by atoms with Crippen LogP contribution < -0.4 is 15.5 Å². The molecule has 0 aromatic heterocycles. The van der Waals surface area contributed by atoms with E-state index in [4.69, 9.17) is 4.74 Å². The molecular formula is C22H25N3O3. The Morgan fingerprint density at radius 2 is 1.79 bits per heavy atom. The zero-order chi connectivity index (χ0) is 19.6. The second-order valence-electron chi connectivity index (χ2n) is 6.85. The Morgan fingerprint density at radius 1 is 1.00 bits per heavy atom. The van der Waals surface area contributed by atoms with Gasteiger partial charge in [0.1, 0.15) is 12.4 Å². The number of hydrogen-bond acceptors (Lipinski definition) is 4. The standard InChI is InChI=1S/C22H25N3O3/c26-21(24-19-11-5-2-6-12-19)22(27)25-23-15-18-10-7-13-20(14-18)28-16-17-8-3-1-4-9-17/h1,3-4,7-10,13-15,19H,2,5-6,11-12,16H2,(H,24,26)(H,25,27)/b23-15-. The van der Waals surface area contributed by atoms with Crippen LogP contribution in [0.4, 0.5) is 0 Å². The molecular weight excluding hydrogens is 354 g/mol. The predicted molar refractivity (Wildman–Crippen MR) is 108 cm³/mol. The van der Waals surface area contributed by atoms with Gasteiger partial charge in [0.15, 0.2) is 0 Å². The first kappa shape index (κ1) is 19.6. The summed E-state index contributed by atoms with van der Waals surface area (Å²) in [6.07, 6.45) is 6.72. The molecule has 1 fully saturated rings. The third-order valence-electron chi connectivity index (χ3n) is 4.63. The Labute approximate surface area is 165 Å². The summed E-state index contributed by atoms with van der Waals surface area (Å²) in [6, 6.07) is 17.4. The average molecular weight is 379 g/mol. The fourth-order valence-corrected chi connectivity index (χ4v) is 3.14. The van der Waals surface area contributed by atoms with E-state index >= 15 is 0 Å². The zero-order valence-corrected chi connectivity index (χ0v) is 15.8. The quantitative estimate of drug-likeness (QED) is 0.460. The summed E-state index contributed by atoms with van der Waals surface area (Å²) >= 11 is 0. The average Bonchev–Trinajstić information content (AvgIpc) is 2.74. The molecule has 2 aromatic rings. The Hall–Kier alpha value is -3.15. The summed E-state index contributed by atoms with van der Waals surface area (Å²) < 4.78 is 5.77. The Bertz CT molecular complexity index is 815. The van der Waals surface area contributed by atoms with Gasteiger partial charge >= 0.3 is 11.8 Å². The molecule has 6 heteroatoms. The van der Waals surface area contributed by atoms with Gasteiger partial charge in [-0.2, -0.15) is 5.10 Å². The smallest absolute Gasteiger partial charge is 0.329 e. The SMILES string of the molecule is O=C(N/N=C\c1cccc(OCc2ccccc2)c1)C(=O)NC1CCCCC1. The van der Waals surface area contributed by atoms with Gasteiger partial charge < -0.3 is 10.1 Å². The number of benzene rings is 2. The summed E-state index contributed by atoms with van der Waals surface area (Å²) in [7, 11) is 0. The Kier molecular flexibility index (Phi) is 7.18. The van der Waals surface area contributed by atoms with Crippen LogP contribution in [-0.2, 0) is 16.2 Å². The number of ether oxygens (including phenoxy) is 1. The first-order chi connectivity index (χ1) is 13.7. The van der Waals surface area contributed by atoms with Gasteiger partial charge in [-0.05, 0) is 36.1 Å². The Morgan fingerprint density at radius 3 is 2.57 bits per heavy atom. The number of rotatable bonds is 6. The second kappa shape index (κ2) is 10.3. The van der Waals surface area contributed by atoms with E-state index < -0.39 is 11.8 Å². The molecule has 0 unspecified atom stereocenters. The maximum absolute atomic E-state index is 11.9. The van der Waals surface area contributed by atoms with Crippen LogP contribution in [0.2, 0.25) is 0 Å². The lowest BCUT2D eigenvalue weighted by atomic mass is 9.95. The van der Waals surface area contributed by atoms with E-state index in [9.17, 15) is 9.59 Å². The van der Waals surface area contributed by atoms with Crippen molar-refractivity contribution in [2.45, 2.75) is 44.8 Å². The first-order valence-electron chi connectivity index (χ1n) is 9.61. The van der Waals surface area contributed by atoms with Gasteiger partial charge in [-0.25, -0.2) is 5.43 Å². The molecule has 1 saturated carbocycles. The molecule has 0 heterocycles. The molecule has 6 nitrogen and oxygen atoms in total. The number of nitrogens with one attached hydrogen (secondary N) is 2. The van der Waals surface area contributed by atoms with Crippen LogP contribution in [0.3, 0.4) is 0 Å². The molecule has 2 N–H and O–H groups in total. The lowest BCUT2D eigenvalue weighted by molar-refractivity contribution is -0.139. The van der Waals surface area contributed by atoms with E-state index in [-0.39, 0.29) is 6.04 Å². The minimum absolute atomic E-state index is 0.0921. The zero-order valence-electron chi connectivity index (χ0n) is 15.8. The highest BCUT2D eigenvalue weighted by atomic mass is 16.5. The number of hydrazone groups is 1. The van der Waals surface area contributed by atoms with Crippen LogP contribution in [0.25, 0.3) is 0 Å². The third kappa shape index (κ3) is 6.23. The summed E-state index contributed by atoms with van der Waals surface area (Å²) in [5.74, 6) is -0.684. The molecule has 0 radical (unpaired) electrons. The molecule has 0 aliphatic heterocycles. The highest BCUT2D eigenvalue weighted by Crippen LogP contribution is 2.17. The lowest BCUT2D eigenvalue weighted by Gasteiger charge is -2.22. The van der Waals surface area contributed by atoms with Crippen molar-refractivity contribution in [3.05, 3.63) is 65.7 Å². The summed E-state index contributed by atoms with van der Waals surface area (Å²) in [5, 5.41) is 6.64. The minimum atomic E-state index is -0.752. The van der Waals surface area contributed by atoms with Crippen molar-refractivity contribution in [2.24, 2.45) is 5.10 Å². The van der Waals surface area contributed by atoms with Crippen molar-refractivity contribution >= 4 is 18.0 Å². The predicted octanol–water partition coefficient (Wildman–Crippen LogP) is 3.16. The van der Waals surface area contributed by atoms with E-state index in [1.807, 2.05) is 54.6 Å². The minimum Gasteiger partial charge on any atom is -0.489 e. The molecule has 1 aliphatic carbocycles. The molecule has 28 heavy (non-hydrogen) atoms. The number of nitrogens with zero attached hydrogens (tertiary/aromatic N) is 1. The van der Waals surface area contributed by atoms with Crippen LogP contribution in [0.1, 0.15) is 43.2 Å². The largest absolute Gasteiger partial charge is 0.489 e. The summed E-state index contributed by atoms with van der Waals surface area (Å²) in [4.78, 5) is 23.8. The molecule has 2 amide bonds. The van der Waals surface area contributed by atoms with Crippen molar-refractivity contribution < 1.29 is 14.3 Å². The number of carbonyl (C=O) groups is 2. The van der Waals surface area contributed by atoms with Crippen LogP contribution in [0, 0.1) is 0 Å². The fraction of sp³-hybridized carbons (Fsp3) is 0.318. The molecule has 0 atom stereocenters. The highest BCUT2D eigenvalue weighted by molar-refractivity contribution is 6.35. The normalized spacial score (nSPS) is 14.6. The monoisotopic (exact) mass is 379 g/mol. The molecule has 146 valence electrons. The van der Waals surface area contributed by atoms with Gasteiger partial charge in [-0.1, -0.05) is 61.7 Å². The molecule has 0 saturated heterocycles. The lowest BCUT2D eigenvalue weighted by Crippen LogP contribution is -2.44. The van der Waals surface area contributed by atoms with Crippen LogP contribution in [0.15, 0.2) is 59.7 Å². The summed E-state index contributed by atoms with van der Waals surface area (Å²) in [6.45, 7) is 0.472. The highest BCUT2D eigenvalue weighted by Gasteiger charge is 2.19. The third-order valence-corrected chi connectivity index (χ3v) is 4.63. The van der Waals surface area contributed by atoms with E-state index in [1.54, 1.807) is 0 Å². The topological polar surface area (TPSA) is 79.8 Å². The number of amides is 2. The first-order valence-corrected chi connectivity index (χ1v) is 9.61. The number of hydrogen-bond donors (Lipinski definition) is 2. The van der Waals surface area contributed by atoms with Crippen molar-refractivity contribution in [1.29, 1.82) is 0 Å². The van der Waals surface area contributed by atoms with Crippen molar-refractivity contribution in [1.82, 2.24) is 10.7 Å². The molecule has 3 rings (SSSR count). The molecule has 1 aliphatic rings. The maximum atomic E-state index is 11.9. The van der Waals surface area contributed by atoms with Gasteiger partial charge in [0.2, 0.25) is 0 Å². The molecule has 0 bridgehead atoms. The Balaban J connectivity index is 1.47. The van der Waals surface area contributed by atoms with E-state index in [0.29, 0.717) is 12.4 Å². The molecule has 0 spiro atoms. The van der Waals surface area contributed by atoms with E-state index in [2.05, 4.69) is 15.8 Å². The van der Waals surface area contributed by atoms with Crippen molar-refractivity contribution in [3.8, 4) is 5.75 Å². The van der Waals surface area contributed by atoms with Gasteiger partial charge in [0.25, 0.3) is 0 Å². The van der Waals surface area contributed by atoms with E-state index in [1.165, 1.54) is 12.6 Å². The van der Waals surface area contributed by atoms with Crippen molar-refractivity contribution in [2.75, 3.05) is 0 Å². The summed E-state index contributed by atoms with van der Waals surface area (Å²) in [5.41, 5.74) is 4.12. The molecule has 2 aromatic carbocycles. The second-order valence-corrected chi connectivity index (χ2v) is 6.85. The number of carbonyl (C=O) groups excluding carboxylic acids is 2. The maximum Gasteiger partial charge on any atom is 0.329 e. The van der Waals surface area contributed by atoms with Crippen LogP contribution in [-0.4, -0.2) is 24.1 Å². The van der Waals surface area contributed by atoms with Crippen LogP contribution >= 0.6 is 0 Å². The van der Waals surface area contributed by atoms with Gasteiger partial charge in [-0.3, -0.25) is 9.59 Å².